The molecular formula is C15H22N2O5S. The molecule has 23 heavy (non-hydrogen) atoms. The van der Waals surface area contributed by atoms with Crippen molar-refractivity contribution in [3.8, 4) is 0 Å². The van der Waals surface area contributed by atoms with E-state index in [2.05, 4.69) is 10.3 Å². The second-order valence-electron chi connectivity index (χ2n) is 6.15. The van der Waals surface area contributed by atoms with E-state index >= 15 is 0 Å². The van der Waals surface area contributed by atoms with Gasteiger partial charge in [-0.1, -0.05) is 0 Å². The van der Waals surface area contributed by atoms with Crippen molar-refractivity contribution in [2.24, 2.45) is 0 Å². The molecule has 0 aliphatic carbocycles. The molecule has 0 unspecified atom stereocenters. The van der Waals surface area contributed by atoms with E-state index in [0.717, 1.165) is 0 Å². The lowest BCUT2D eigenvalue weighted by Gasteiger charge is -2.11. The summed E-state index contributed by atoms with van der Waals surface area (Å²) in [6, 6.07) is -0.387. The van der Waals surface area contributed by atoms with E-state index in [4.69, 9.17) is 4.74 Å². The molecule has 1 aliphatic rings. The molecule has 2 heterocycles. The van der Waals surface area contributed by atoms with Gasteiger partial charge in [-0.05, 0) is 39.7 Å². The van der Waals surface area contributed by atoms with Gasteiger partial charge in [0.05, 0.1) is 23.2 Å². The molecule has 1 aromatic rings. The van der Waals surface area contributed by atoms with Crippen LogP contribution >= 0.6 is 0 Å². The standard InChI is InChI=1S/C15H22N2O5S/c1-8(2)22-15(19)12-9(3)13(16-10(12)4)14(18)17-11-5-6-23(20,21)7-11/h8,11,16H,5-7H2,1-4H3,(H,17,18)/t11-/m0/s1. The molecule has 1 aromatic heterocycles. The van der Waals surface area contributed by atoms with Gasteiger partial charge in [0, 0.05) is 11.7 Å². The van der Waals surface area contributed by atoms with Gasteiger partial charge in [-0.3, -0.25) is 4.79 Å². The summed E-state index contributed by atoms with van der Waals surface area (Å²) in [5.74, 6) is -0.836. The Hall–Kier alpha value is -1.83. The zero-order valence-electron chi connectivity index (χ0n) is 13.7. The molecule has 8 heteroatoms. The highest BCUT2D eigenvalue weighted by atomic mass is 32.2. The first-order valence-electron chi connectivity index (χ1n) is 7.52. The fourth-order valence-corrected chi connectivity index (χ4v) is 4.40. The van der Waals surface area contributed by atoms with E-state index in [1.807, 2.05) is 0 Å². The van der Waals surface area contributed by atoms with Crippen molar-refractivity contribution in [2.75, 3.05) is 11.5 Å². The highest BCUT2D eigenvalue weighted by molar-refractivity contribution is 7.91. The summed E-state index contributed by atoms with van der Waals surface area (Å²) in [4.78, 5) is 27.4. The fraction of sp³-hybridized carbons (Fsp3) is 0.600. The van der Waals surface area contributed by atoms with Crippen LogP contribution in [-0.2, 0) is 14.6 Å². The van der Waals surface area contributed by atoms with Crippen LogP contribution in [0.2, 0.25) is 0 Å². The average molecular weight is 342 g/mol. The maximum absolute atomic E-state index is 12.4. The highest BCUT2D eigenvalue weighted by Gasteiger charge is 2.31. The summed E-state index contributed by atoms with van der Waals surface area (Å²) in [7, 11) is -3.06. The van der Waals surface area contributed by atoms with E-state index in [1.165, 1.54) is 0 Å². The molecule has 1 saturated heterocycles. The van der Waals surface area contributed by atoms with Gasteiger partial charge >= 0.3 is 5.97 Å². The maximum atomic E-state index is 12.4. The van der Waals surface area contributed by atoms with E-state index in [1.54, 1.807) is 27.7 Å². The van der Waals surface area contributed by atoms with Gasteiger partial charge in [0.1, 0.15) is 5.69 Å². The predicted octanol–water partition coefficient (Wildman–Crippen LogP) is 1.11. The van der Waals surface area contributed by atoms with Crippen molar-refractivity contribution in [1.29, 1.82) is 0 Å². The van der Waals surface area contributed by atoms with Crippen LogP contribution in [-0.4, -0.2) is 48.9 Å². The van der Waals surface area contributed by atoms with Crippen LogP contribution in [0.4, 0.5) is 0 Å². The number of rotatable bonds is 4. The molecule has 7 nitrogen and oxygen atoms in total. The predicted molar refractivity (Wildman–Crippen MR) is 85.3 cm³/mol. The number of aromatic amines is 1. The van der Waals surface area contributed by atoms with Crippen LogP contribution in [0.3, 0.4) is 0 Å². The first-order chi connectivity index (χ1) is 10.6. The maximum Gasteiger partial charge on any atom is 0.340 e. The van der Waals surface area contributed by atoms with E-state index < -0.39 is 21.7 Å². The van der Waals surface area contributed by atoms with Gasteiger partial charge in [0.15, 0.2) is 9.84 Å². The Kier molecular flexibility index (Phi) is 4.84. The van der Waals surface area contributed by atoms with E-state index in [0.29, 0.717) is 23.2 Å². The number of H-pyrrole nitrogens is 1. The molecule has 1 aliphatic heterocycles. The average Bonchev–Trinajstić information content (AvgIpc) is 2.88. The summed E-state index contributed by atoms with van der Waals surface area (Å²) < 4.78 is 28.1. The summed E-state index contributed by atoms with van der Waals surface area (Å²) >= 11 is 0. The first-order valence-corrected chi connectivity index (χ1v) is 9.34. The van der Waals surface area contributed by atoms with Crippen molar-refractivity contribution in [3.63, 3.8) is 0 Å². The molecular weight excluding hydrogens is 320 g/mol. The lowest BCUT2D eigenvalue weighted by atomic mass is 10.1. The largest absolute Gasteiger partial charge is 0.459 e. The quantitative estimate of drug-likeness (QED) is 0.798. The number of sulfone groups is 1. The third-order valence-corrected chi connectivity index (χ3v) is 5.55. The summed E-state index contributed by atoms with van der Waals surface area (Å²) in [6.45, 7) is 6.87. The van der Waals surface area contributed by atoms with Crippen molar-refractivity contribution in [1.82, 2.24) is 10.3 Å². The number of esters is 1. The Morgan fingerprint density at radius 3 is 2.48 bits per heavy atom. The first kappa shape index (κ1) is 17.5. The van der Waals surface area contributed by atoms with Crippen LogP contribution < -0.4 is 5.32 Å². The molecule has 0 radical (unpaired) electrons. The zero-order chi connectivity index (χ0) is 17.4. The smallest absolute Gasteiger partial charge is 0.340 e. The number of carbonyl (C=O) groups is 2. The molecule has 128 valence electrons. The minimum absolute atomic E-state index is 0.0419. The monoisotopic (exact) mass is 342 g/mol. The van der Waals surface area contributed by atoms with Crippen LogP contribution in [0, 0.1) is 13.8 Å². The SMILES string of the molecule is Cc1[nH]c(C(=O)N[C@H]2CCS(=O)(=O)C2)c(C)c1C(=O)OC(C)C. The van der Waals surface area contributed by atoms with Crippen molar-refractivity contribution >= 4 is 21.7 Å². The molecule has 0 spiro atoms. The molecule has 0 bridgehead atoms. The Balaban J connectivity index is 2.17. The molecule has 2 N–H and O–H groups in total. The van der Waals surface area contributed by atoms with E-state index in [-0.39, 0.29) is 29.3 Å². The van der Waals surface area contributed by atoms with Crippen molar-refractivity contribution < 1.29 is 22.7 Å². The lowest BCUT2D eigenvalue weighted by molar-refractivity contribution is 0.0376. The Labute approximate surface area is 135 Å². The minimum atomic E-state index is -3.06. The number of hydrogen-bond acceptors (Lipinski definition) is 5. The van der Waals surface area contributed by atoms with Crippen molar-refractivity contribution in [3.05, 3.63) is 22.5 Å². The highest BCUT2D eigenvalue weighted by Crippen LogP contribution is 2.20. The number of amides is 1. The van der Waals surface area contributed by atoms with Gasteiger partial charge in [-0.15, -0.1) is 0 Å². The number of aryl methyl sites for hydroxylation is 1. The second kappa shape index (κ2) is 6.35. The molecule has 2 rings (SSSR count). The van der Waals surface area contributed by atoms with Gasteiger partial charge in [0.2, 0.25) is 0 Å². The second-order valence-corrected chi connectivity index (χ2v) is 8.38. The molecule has 0 aromatic carbocycles. The molecule has 1 fully saturated rings. The number of carbonyl (C=O) groups excluding carboxylic acids is 2. The van der Waals surface area contributed by atoms with Gasteiger partial charge in [-0.25, -0.2) is 13.2 Å². The van der Waals surface area contributed by atoms with Crippen LogP contribution in [0.15, 0.2) is 0 Å². The lowest BCUT2D eigenvalue weighted by Crippen LogP contribution is -2.36. The van der Waals surface area contributed by atoms with Crippen LogP contribution in [0.1, 0.15) is 52.4 Å². The molecule has 1 amide bonds. The van der Waals surface area contributed by atoms with Crippen LogP contribution in [0.25, 0.3) is 0 Å². The Bertz CT molecular complexity index is 733. The van der Waals surface area contributed by atoms with Crippen molar-refractivity contribution in [2.45, 2.75) is 46.3 Å². The zero-order valence-corrected chi connectivity index (χ0v) is 14.5. The number of aromatic nitrogens is 1. The van der Waals surface area contributed by atoms with Gasteiger partial charge < -0.3 is 15.0 Å². The number of ether oxygens (including phenoxy) is 1. The van der Waals surface area contributed by atoms with Crippen LogP contribution in [0.5, 0.6) is 0 Å². The van der Waals surface area contributed by atoms with Gasteiger partial charge in [0.25, 0.3) is 5.91 Å². The van der Waals surface area contributed by atoms with E-state index in [9.17, 15) is 18.0 Å². The fourth-order valence-electron chi connectivity index (χ4n) is 2.72. The Morgan fingerprint density at radius 2 is 1.96 bits per heavy atom. The third-order valence-electron chi connectivity index (χ3n) is 3.78. The molecule has 1 atom stereocenters. The summed E-state index contributed by atoms with van der Waals surface area (Å²) in [5, 5.41) is 2.71. The van der Waals surface area contributed by atoms with Gasteiger partial charge in [-0.2, -0.15) is 0 Å². The number of nitrogens with one attached hydrogen (secondary N) is 2. The summed E-state index contributed by atoms with van der Waals surface area (Å²) in [5.41, 5.74) is 1.68. The molecule has 0 saturated carbocycles. The Morgan fingerprint density at radius 1 is 1.30 bits per heavy atom. The normalized spacial score (nSPS) is 19.8. The number of hydrogen-bond donors (Lipinski definition) is 2. The topological polar surface area (TPSA) is 105 Å². The third kappa shape index (κ3) is 3.93. The summed E-state index contributed by atoms with van der Waals surface area (Å²) in [6.07, 6.45) is 0.159. The minimum Gasteiger partial charge on any atom is -0.459 e.